The fraction of sp³-hybridized carbons (Fsp3) is 0.235. The smallest absolute Gasteiger partial charge is 0.307 e. The molecule has 6 nitrogen and oxygen atoms in total. The van der Waals surface area contributed by atoms with E-state index in [2.05, 4.69) is 31.3 Å². The zero-order valence-electron chi connectivity index (χ0n) is 13.5. The summed E-state index contributed by atoms with van der Waals surface area (Å²) in [5, 5.41) is 7.09. The Hall–Kier alpha value is -2.19. The predicted molar refractivity (Wildman–Crippen MR) is 98.3 cm³/mol. The number of nitrogens with one attached hydrogen (secondary N) is 2. The van der Waals surface area contributed by atoms with E-state index in [-0.39, 0.29) is 24.8 Å². The highest BCUT2D eigenvalue weighted by Crippen LogP contribution is 2.20. The molecule has 0 fully saturated rings. The minimum absolute atomic E-state index is 0.00272. The lowest BCUT2D eigenvalue weighted by Crippen LogP contribution is -2.39. The highest BCUT2D eigenvalue weighted by molar-refractivity contribution is 9.10. The quantitative estimate of drug-likeness (QED) is 0.669. The van der Waals surface area contributed by atoms with E-state index in [1.54, 1.807) is 17.5 Å². The van der Waals surface area contributed by atoms with Crippen LogP contribution in [0.2, 0.25) is 0 Å². The van der Waals surface area contributed by atoms with Crippen LogP contribution in [0, 0.1) is 0 Å². The average Bonchev–Trinajstić information content (AvgIpc) is 3.14. The molecule has 0 aliphatic rings. The van der Waals surface area contributed by atoms with Crippen molar-refractivity contribution < 1.29 is 19.1 Å². The SMILES string of the molecule is COC(=O)CC(NC(=O)CNC(=O)c1cccs1)c1ccc(Br)cc1. The van der Waals surface area contributed by atoms with Crippen LogP contribution in [-0.2, 0) is 14.3 Å². The highest BCUT2D eigenvalue weighted by Gasteiger charge is 2.19. The van der Waals surface area contributed by atoms with E-state index >= 15 is 0 Å². The Morgan fingerprint density at radius 3 is 2.52 bits per heavy atom. The summed E-state index contributed by atoms with van der Waals surface area (Å²) in [5.41, 5.74) is 0.770. The fourth-order valence-electron chi connectivity index (χ4n) is 2.10. The molecule has 2 aromatic rings. The molecule has 1 aromatic heterocycles. The van der Waals surface area contributed by atoms with E-state index in [1.165, 1.54) is 18.4 Å². The molecule has 0 bridgehead atoms. The normalized spacial score (nSPS) is 11.4. The Balaban J connectivity index is 1.97. The molecule has 0 aliphatic heterocycles. The van der Waals surface area contributed by atoms with E-state index in [0.29, 0.717) is 4.88 Å². The summed E-state index contributed by atoms with van der Waals surface area (Å²) in [6.07, 6.45) is 0.00272. The van der Waals surface area contributed by atoms with Crippen LogP contribution in [0.4, 0.5) is 0 Å². The van der Waals surface area contributed by atoms with Crippen LogP contribution in [0.5, 0.6) is 0 Å². The van der Waals surface area contributed by atoms with Gasteiger partial charge in [0.2, 0.25) is 5.91 Å². The Morgan fingerprint density at radius 1 is 1.20 bits per heavy atom. The number of halogens is 1. The summed E-state index contributed by atoms with van der Waals surface area (Å²) >= 11 is 4.64. The van der Waals surface area contributed by atoms with E-state index < -0.39 is 12.0 Å². The van der Waals surface area contributed by atoms with Crippen molar-refractivity contribution >= 4 is 45.1 Å². The van der Waals surface area contributed by atoms with Crippen molar-refractivity contribution in [1.29, 1.82) is 0 Å². The van der Waals surface area contributed by atoms with Gasteiger partial charge in [0.25, 0.3) is 5.91 Å². The van der Waals surface area contributed by atoms with E-state index in [0.717, 1.165) is 10.0 Å². The number of rotatable bonds is 7. The van der Waals surface area contributed by atoms with Crippen LogP contribution in [-0.4, -0.2) is 31.4 Å². The topological polar surface area (TPSA) is 84.5 Å². The van der Waals surface area contributed by atoms with Crippen molar-refractivity contribution in [3.63, 3.8) is 0 Å². The number of methoxy groups -OCH3 is 1. The Bertz CT molecular complexity index is 732. The molecule has 1 atom stereocenters. The molecule has 2 rings (SSSR count). The summed E-state index contributed by atoms with van der Waals surface area (Å²) in [4.78, 5) is 36.2. The molecule has 2 N–H and O–H groups in total. The third-order valence-electron chi connectivity index (χ3n) is 3.36. The van der Waals surface area contributed by atoms with Gasteiger partial charge in [0.05, 0.1) is 31.0 Å². The summed E-state index contributed by atoms with van der Waals surface area (Å²) in [6, 6.07) is 10.2. The Morgan fingerprint density at radius 2 is 1.92 bits per heavy atom. The second-order valence-corrected chi connectivity index (χ2v) is 6.98. The second-order valence-electron chi connectivity index (χ2n) is 5.11. The van der Waals surface area contributed by atoms with Crippen molar-refractivity contribution in [1.82, 2.24) is 10.6 Å². The van der Waals surface area contributed by atoms with Gasteiger partial charge in [-0.1, -0.05) is 34.1 Å². The zero-order chi connectivity index (χ0) is 18.2. The first-order valence-electron chi connectivity index (χ1n) is 7.43. The molecule has 0 spiro atoms. The van der Waals surface area contributed by atoms with Gasteiger partial charge in [-0.05, 0) is 29.1 Å². The lowest BCUT2D eigenvalue weighted by atomic mass is 10.0. The van der Waals surface area contributed by atoms with Crippen LogP contribution in [0.25, 0.3) is 0 Å². The number of amides is 2. The third-order valence-corrected chi connectivity index (χ3v) is 4.76. The molecule has 0 saturated carbocycles. The van der Waals surface area contributed by atoms with Gasteiger partial charge in [-0.25, -0.2) is 0 Å². The number of benzene rings is 1. The minimum atomic E-state index is -0.535. The predicted octanol–water partition coefficient (Wildman–Crippen LogP) is 2.66. The first-order valence-corrected chi connectivity index (χ1v) is 9.10. The summed E-state index contributed by atoms with van der Waals surface area (Å²) in [7, 11) is 1.30. The summed E-state index contributed by atoms with van der Waals surface area (Å²) < 4.78 is 5.58. The maximum atomic E-state index is 12.2. The molecule has 1 aromatic carbocycles. The number of thiophene rings is 1. The number of hydrogen-bond donors (Lipinski definition) is 2. The average molecular weight is 425 g/mol. The van der Waals surface area contributed by atoms with E-state index in [9.17, 15) is 14.4 Å². The molecular weight excluding hydrogens is 408 g/mol. The first kappa shape index (κ1) is 19.1. The number of carbonyl (C=O) groups excluding carboxylic acids is 3. The van der Waals surface area contributed by atoms with E-state index in [1.807, 2.05) is 24.3 Å². The Kier molecular flexibility index (Phi) is 7.15. The van der Waals surface area contributed by atoms with Gasteiger partial charge >= 0.3 is 5.97 Å². The van der Waals surface area contributed by atoms with Crippen LogP contribution in [0.15, 0.2) is 46.3 Å². The highest BCUT2D eigenvalue weighted by atomic mass is 79.9. The second kappa shape index (κ2) is 9.33. The molecule has 25 heavy (non-hydrogen) atoms. The standard InChI is InChI=1S/C17H17BrN2O4S/c1-24-16(22)9-13(11-4-6-12(18)7-5-11)20-15(21)10-19-17(23)14-3-2-8-25-14/h2-8,13H,9-10H2,1H3,(H,19,23)(H,20,21). The molecule has 2 amide bonds. The van der Waals surface area contributed by atoms with Gasteiger partial charge in [0, 0.05) is 4.47 Å². The van der Waals surface area contributed by atoms with Crippen LogP contribution < -0.4 is 10.6 Å². The minimum Gasteiger partial charge on any atom is -0.469 e. The number of esters is 1. The van der Waals surface area contributed by atoms with Gasteiger partial charge in [-0.15, -0.1) is 11.3 Å². The number of hydrogen-bond acceptors (Lipinski definition) is 5. The molecule has 8 heteroatoms. The third kappa shape index (κ3) is 5.99. The van der Waals surface area contributed by atoms with Crippen LogP contribution >= 0.6 is 27.3 Å². The number of carbonyl (C=O) groups is 3. The molecule has 0 saturated heterocycles. The van der Waals surface area contributed by atoms with Gasteiger partial charge < -0.3 is 15.4 Å². The largest absolute Gasteiger partial charge is 0.469 e. The lowest BCUT2D eigenvalue weighted by molar-refractivity contribution is -0.141. The van der Waals surface area contributed by atoms with Gasteiger partial charge in [0.1, 0.15) is 0 Å². The van der Waals surface area contributed by atoms with Crippen molar-refractivity contribution in [2.45, 2.75) is 12.5 Å². The van der Waals surface area contributed by atoms with Crippen molar-refractivity contribution in [2.75, 3.05) is 13.7 Å². The molecule has 1 unspecified atom stereocenters. The molecular formula is C17H17BrN2O4S. The lowest BCUT2D eigenvalue weighted by Gasteiger charge is -2.18. The molecule has 132 valence electrons. The maximum Gasteiger partial charge on any atom is 0.307 e. The monoisotopic (exact) mass is 424 g/mol. The van der Waals surface area contributed by atoms with Crippen molar-refractivity contribution in [3.05, 3.63) is 56.7 Å². The zero-order valence-corrected chi connectivity index (χ0v) is 15.9. The number of ether oxygens (including phenoxy) is 1. The summed E-state index contributed by atoms with van der Waals surface area (Å²) in [6.45, 7) is -0.176. The van der Waals surface area contributed by atoms with Crippen LogP contribution in [0.1, 0.15) is 27.7 Å². The van der Waals surface area contributed by atoms with Crippen LogP contribution in [0.3, 0.4) is 0 Å². The summed E-state index contributed by atoms with van der Waals surface area (Å²) in [5.74, 6) is -1.13. The molecule has 0 aliphatic carbocycles. The maximum absolute atomic E-state index is 12.2. The molecule has 0 radical (unpaired) electrons. The van der Waals surface area contributed by atoms with Crippen molar-refractivity contribution in [3.8, 4) is 0 Å². The Labute approximate surface area is 157 Å². The van der Waals surface area contributed by atoms with Gasteiger partial charge in [0.15, 0.2) is 0 Å². The first-order chi connectivity index (χ1) is 12.0. The van der Waals surface area contributed by atoms with Crippen molar-refractivity contribution in [2.24, 2.45) is 0 Å². The fourth-order valence-corrected chi connectivity index (χ4v) is 3.00. The van der Waals surface area contributed by atoms with E-state index in [4.69, 9.17) is 0 Å². The molecule has 1 heterocycles. The van der Waals surface area contributed by atoms with Gasteiger partial charge in [-0.3, -0.25) is 14.4 Å². The van der Waals surface area contributed by atoms with Gasteiger partial charge in [-0.2, -0.15) is 0 Å².